The lowest BCUT2D eigenvalue weighted by molar-refractivity contribution is 0.117. The van der Waals surface area contributed by atoms with Gasteiger partial charge in [-0.3, -0.25) is 0 Å². The first-order chi connectivity index (χ1) is 7.63. The number of benzene rings is 1. The van der Waals surface area contributed by atoms with Crippen LogP contribution < -0.4 is 0 Å². The number of halogens is 1. The minimum absolute atomic E-state index is 0.141. The number of rotatable bonds is 1. The van der Waals surface area contributed by atoms with Crippen LogP contribution in [0, 0.1) is 0 Å². The fourth-order valence-electron chi connectivity index (χ4n) is 1.98. The van der Waals surface area contributed by atoms with E-state index in [2.05, 4.69) is 0 Å². The zero-order chi connectivity index (χ0) is 11.7. The molecule has 0 aromatic heterocycles. The normalized spacial score (nSPS) is 19.4. The van der Waals surface area contributed by atoms with Crippen LogP contribution in [0.25, 0.3) is 0 Å². The van der Waals surface area contributed by atoms with E-state index in [-0.39, 0.29) is 19.7 Å². The van der Waals surface area contributed by atoms with Crippen molar-refractivity contribution in [3.05, 3.63) is 34.9 Å². The van der Waals surface area contributed by atoms with Gasteiger partial charge in [0.1, 0.15) is 6.17 Å². The zero-order valence-electron chi connectivity index (χ0n) is 8.56. The number of amides is 1. The molecule has 0 saturated heterocycles. The molecule has 0 fully saturated rings. The maximum atomic E-state index is 13.7. The Morgan fingerprint density at radius 1 is 1.56 bits per heavy atom. The van der Waals surface area contributed by atoms with Crippen LogP contribution in [0.4, 0.5) is 9.18 Å². The van der Waals surface area contributed by atoms with Gasteiger partial charge in [0.05, 0.1) is 13.2 Å². The molecule has 1 amide bonds. The Labute approximate surface area is 91.9 Å². The minimum Gasteiger partial charge on any atom is -0.465 e. The molecular weight excluding hydrogens is 213 g/mol. The summed E-state index contributed by atoms with van der Waals surface area (Å²) in [6.07, 6.45) is -2.45. The molecule has 1 heterocycles. The first kappa shape index (κ1) is 10.9. The van der Waals surface area contributed by atoms with Crippen LogP contribution in [0.5, 0.6) is 0 Å². The molecule has 1 aromatic rings. The quantitative estimate of drug-likeness (QED) is 0.764. The Hall–Kier alpha value is -1.62. The van der Waals surface area contributed by atoms with Gasteiger partial charge < -0.3 is 15.1 Å². The molecule has 2 N–H and O–H groups in total. The highest BCUT2D eigenvalue weighted by Gasteiger charge is 2.28. The van der Waals surface area contributed by atoms with E-state index in [9.17, 15) is 9.18 Å². The molecule has 0 spiro atoms. The van der Waals surface area contributed by atoms with E-state index in [4.69, 9.17) is 10.2 Å². The third kappa shape index (κ3) is 1.74. The maximum Gasteiger partial charge on any atom is 0.407 e. The van der Waals surface area contributed by atoms with Crippen LogP contribution in [0.2, 0.25) is 0 Å². The summed E-state index contributed by atoms with van der Waals surface area (Å²) in [6, 6.07) is 4.99. The molecule has 86 valence electrons. The first-order valence-corrected chi connectivity index (χ1v) is 4.97. The van der Waals surface area contributed by atoms with Gasteiger partial charge in [0.15, 0.2) is 0 Å². The van der Waals surface area contributed by atoms with Crippen molar-refractivity contribution in [1.29, 1.82) is 0 Å². The van der Waals surface area contributed by atoms with Gasteiger partial charge in [-0.15, -0.1) is 0 Å². The lowest BCUT2D eigenvalue weighted by Crippen LogP contribution is -2.36. The number of aliphatic hydroxyl groups is 1. The van der Waals surface area contributed by atoms with Crippen molar-refractivity contribution in [3.8, 4) is 0 Å². The van der Waals surface area contributed by atoms with E-state index >= 15 is 0 Å². The minimum atomic E-state index is -1.31. The summed E-state index contributed by atoms with van der Waals surface area (Å²) in [5, 5.41) is 18.0. The van der Waals surface area contributed by atoms with Gasteiger partial charge in [-0.05, 0) is 16.7 Å². The van der Waals surface area contributed by atoms with Crippen LogP contribution in [-0.4, -0.2) is 27.8 Å². The molecule has 2 rings (SSSR count). The van der Waals surface area contributed by atoms with E-state index in [1.807, 2.05) is 0 Å². The summed E-state index contributed by atoms with van der Waals surface area (Å²) in [5.74, 6) is 0. The number of fused-ring (bicyclic) bond motifs is 1. The Balaban J connectivity index is 2.42. The highest BCUT2D eigenvalue weighted by Crippen LogP contribution is 2.31. The topological polar surface area (TPSA) is 60.8 Å². The zero-order valence-corrected chi connectivity index (χ0v) is 8.56. The third-order valence-corrected chi connectivity index (χ3v) is 2.82. The molecule has 1 atom stereocenters. The lowest BCUT2D eigenvalue weighted by Gasteiger charge is -2.30. The summed E-state index contributed by atoms with van der Waals surface area (Å²) < 4.78 is 13.7. The summed E-state index contributed by atoms with van der Waals surface area (Å²) in [4.78, 5) is 11.8. The highest BCUT2D eigenvalue weighted by atomic mass is 19.1. The van der Waals surface area contributed by atoms with E-state index in [0.29, 0.717) is 16.7 Å². The van der Waals surface area contributed by atoms with Gasteiger partial charge in [-0.1, -0.05) is 18.2 Å². The molecule has 1 aliphatic rings. The summed E-state index contributed by atoms with van der Waals surface area (Å²) in [7, 11) is 0. The van der Waals surface area contributed by atoms with Gasteiger partial charge in [0.2, 0.25) is 0 Å². The molecular formula is C11H12FNO3. The van der Waals surface area contributed by atoms with Crippen molar-refractivity contribution in [2.45, 2.75) is 19.3 Å². The molecule has 16 heavy (non-hydrogen) atoms. The van der Waals surface area contributed by atoms with Crippen LogP contribution in [0.1, 0.15) is 22.9 Å². The predicted molar refractivity (Wildman–Crippen MR) is 54.6 cm³/mol. The van der Waals surface area contributed by atoms with Gasteiger partial charge in [0, 0.05) is 6.54 Å². The first-order valence-electron chi connectivity index (χ1n) is 4.97. The molecule has 0 radical (unpaired) electrons. The van der Waals surface area contributed by atoms with Crippen LogP contribution in [0.3, 0.4) is 0 Å². The fourth-order valence-corrected chi connectivity index (χ4v) is 1.98. The second-order valence-electron chi connectivity index (χ2n) is 3.77. The van der Waals surface area contributed by atoms with E-state index in [1.165, 1.54) is 0 Å². The Kier molecular flexibility index (Phi) is 2.78. The monoisotopic (exact) mass is 225 g/mol. The average Bonchev–Trinajstić information content (AvgIpc) is 2.28. The van der Waals surface area contributed by atoms with Crippen molar-refractivity contribution in [2.75, 3.05) is 6.54 Å². The second kappa shape index (κ2) is 4.09. The number of carboxylic acid groups (broad SMARTS) is 1. The molecule has 1 unspecified atom stereocenters. The Morgan fingerprint density at radius 3 is 2.94 bits per heavy atom. The van der Waals surface area contributed by atoms with Crippen molar-refractivity contribution in [2.24, 2.45) is 0 Å². The molecule has 0 aliphatic carbocycles. The standard InChI is InChI=1S/C11H12FNO3/c12-10-5-13(11(15)16)4-9-7(6-14)2-1-3-8(9)10/h1-3,10,14H,4-6H2,(H,15,16). The van der Waals surface area contributed by atoms with Crippen LogP contribution >= 0.6 is 0 Å². The predicted octanol–water partition coefficient (Wildman–Crippen LogP) is 1.68. The number of nitrogens with zero attached hydrogens (tertiary/aromatic N) is 1. The van der Waals surface area contributed by atoms with Gasteiger partial charge in [-0.25, -0.2) is 9.18 Å². The van der Waals surface area contributed by atoms with E-state index in [1.54, 1.807) is 18.2 Å². The van der Waals surface area contributed by atoms with Crippen molar-refractivity contribution < 1.29 is 19.4 Å². The summed E-state index contributed by atoms with van der Waals surface area (Å²) in [5.41, 5.74) is 1.67. The van der Waals surface area contributed by atoms with Gasteiger partial charge in [-0.2, -0.15) is 0 Å². The molecule has 0 saturated carbocycles. The van der Waals surface area contributed by atoms with Crippen molar-refractivity contribution in [3.63, 3.8) is 0 Å². The van der Waals surface area contributed by atoms with Gasteiger partial charge >= 0.3 is 6.09 Å². The van der Waals surface area contributed by atoms with E-state index in [0.717, 1.165) is 4.90 Å². The van der Waals surface area contributed by atoms with Crippen LogP contribution in [-0.2, 0) is 13.2 Å². The van der Waals surface area contributed by atoms with Crippen LogP contribution in [0.15, 0.2) is 18.2 Å². The smallest absolute Gasteiger partial charge is 0.407 e. The number of hydrogen-bond donors (Lipinski definition) is 2. The molecule has 5 heteroatoms. The molecule has 1 aromatic carbocycles. The molecule has 0 bridgehead atoms. The van der Waals surface area contributed by atoms with Gasteiger partial charge in [0.25, 0.3) is 0 Å². The maximum absolute atomic E-state index is 13.7. The summed E-state index contributed by atoms with van der Waals surface area (Å²) in [6.45, 7) is -0.206. The Bertz CT molecular complexity index is 422. The third-order valence-electron chi connectivity index (χ3n) is 2.82. The van der Waals surface area contributed by atoms with Crippen molar-refractivity contribution >= 4 is 6.09 Å². The Morgan fingerprint density at radius 2 is 2.31 bits per heavy atom. The fraction of sp³-hybridized carbons (Fsp3) is 0.364. The number of alkyl halides is 1. The average molecular weight is 225 g/mol. The SMILES string of the molecule is O=C(O)N1Cc2c(CO)cccc2C(F)C1. The summed E-state index contributed by atoms with van der Waals surface area (Å²) >= 11 is 0. The lowest BCUT2D eigenvalue weighted by atomic mass is 9.94. The number of hydrogen-bond acceptors (Lipinski definition) is 2. The number of carbonyl (C=O) groups is 1. The van der Waals surface area contributed by atoms with E-state index < -0.39 is 12.3 Å². The second-order valence-corrected chi connectivity index (χ2v) is 3.77. The highest BCUT2D eigenvalue weighted by molar-refractivity contribution is 5.66. The molecule has 4 nitrogen and oxygen atoms in total. The number of aliphatic hydroxyl groups excluding tert-OH is 1. The van der Waals surface area contributed by atoms with Crippen molar-refractivity contribution in [1.82, 2.24) is 4.90 Å². The molecule has 1 aliphatic heterocycles. The largest absolute Gasteiger partial charge is 0.465 e.